The largest absolute Gasteiger partial charge is 0.324 e. The first-order valence-electron chi connectivity index (χ1n) is 9.65. The molecule has 7 heteroatoms. The van der Waals surface area contributed by atoms with E-state index >= 15 is 0 Å². The number of nitrogens with zero attached hydrogens (tertiary/aromatic N) is 4. The zero-order chi connectivity index (χ0) is 19.7. The van der Waals surface area contributed by atoms with E-state index in [1.165, 1.54) is 0 Å². The molecule has 0 saturated carbocycles. The number of imidazole rings is 1. The molecule has 0 bridgehead atoms. The number of carbonyl (C=O) groups excluding carboxylic acids is 1. The van der Waals surface area contributed by atoms with Gasteiger partial charge in [-0.2, -0.15) is 0 Å². The van der Waals surface area contributed by atoms with Crippen LogP contribution in [0.5, 0.6) is 0 Å². The maximum atomic E-state index is 12.6. The van der Waals surface area contributed by atoms with Crippen LogP contribution in [0, 0.1) is 5.92 Å². The number of urea groups is 1. The van der Waals surface area contributed by atoms with Gasteiger partial charge in [-0.3, -0.25) is 0 Å². The first kappa shape index (κ1) is 18.7. The molecule has 0 spiro atoms. The van der Waals surface area contributed by atoms with Crippen LogP contribution in [0.4, 0.5) is 10.5 Å². The molecule has 1 N–H and O–H groups in total. The van der Waals surface area contributed by atoms with Gasteiger partial charge in [0.2, 0.25) is 0 Å². The van der Waals surface area contributed by atoms with Crippen LogP contribution in [0.3, 0.4) is 0 Å². The quantitative estimate of drug-likeness (QED) is 0.690. The minimum Gasteiger partial charge on any atom is -0.324 e. The van der Waals surface area contributed by atoms with Crippen LogP contribution in [-0.2, 0) is 6.42 Å². The lowest BCUT2D eigenvalue weighted by Crippen LogP contribution is -2.33. The average Bonchev–Trinajstić information content (AvgIpc) is 3.28. The first-order chi connectivity index (χ1) is 13.5. The van der Waals surface area contributed by atoms with Crippen LogP contribution in [0.1, 0.15) is 32.1 Å². The van der Waals surface area contributed by atoms with Crippen molar-refractivity contribution in [2.24, 2.45) is 5.92 Å². The molecule has 0 aliphatic carbocycles. The van der Waals surface area contributed by atoms with Gasteiger partial charge in [-0.1, -0.05) is 23.7 Å². The molecule has 0 unspecified atom stereocenters. The third-order valence-electron chi connectivity index (χ3n) is 5.20. The number of hydrogen-bond acceptors (Lipinski definition) is 3. The topological polar surface area (TPSA) is 63.1 Å². The fourth-order valence-corrected chi connectivity index (χ4v) is 4.04. The first-order valence-corrected chi connectivity index (χ1v) is 10.0. The van der Waals surface area contributed by atoms with Crippen LogP contribution in [-0.4, -0.2) is 38.6 Å². The Balaban J connectivity index is 1.45. The standard InChI is InChI=1S/C21H24ClN5O/c1-14(2)27-19(24-18-8-5-10-23-20(18)27)12-15-9-11-26(13-15)21(28)25-17-7-4-3-6-16(17)22/h3-8,10,14-15H,9,11-13H2,1-2H3,(H,25,28)/t15-/m1/s1. The number of halogens is 1. The number of aromatic nitrogens is 3. The summed E-state index contributed by atoms with van der Waals surface area (Å²) in [6.07, 6.45) is 3.61. The molecule has 2 aromatic heterocycles. The molecule has 1 aliphatic heterocycles. The number of rotatable bonds is 4. The van der Waals surface area contributed by atoms with Crippen molar-refractivity contribution in [3.05, 3.63) is 53.4 Å². The summed E-state index contributed by atoms with van der Waals surface area (Å²) in [6, 6.07) is 11.4. The Morgan fingerprint density at radius 2 is 2.11 bits per heavy atom. The minimum atomic E-state index is -0.102. The highest BCUT2D eigenvalue weighted by Gasteiger charge is 2.28. The predicted octanol–water partition coefficient (Wildman–Crippen LogP) is 4.76. The molecule has 146 valence electrons. The molecule has 4 rings (SSSR count). The Bertz CT molecular complexity index is 999. The molecule has 1 aliphatic rings. The van der Waals surface area contributed by atoms with Crippen molar-refractivity contribution in [2.45, 2.75) is 32.7 Å². The molecule has 1 fully saturated rings. The van der Waals surface area contributed by atoms with Crippen molar-refractivity contribution in [3.8, 4) is 0 Å². The van der Waals surface area contributed by atoms with Crippen LogP contribution in [0.25, 0.3) is 11.2 Å². The molecule has 1 aromatic carbocycles. The van der Waals surface area contributed by atoms with Crippen molar-refractivity contribution in [1.82, 2.24) is 19.4 Å². The number of nitrogens with one attached hydrogen (secondary N) is 1. The summed E-state index contributed by atoms with van der Waals surface area (Å²) in [5, 5.41) is 3.46. The number of hydrogen-bond donors (Lipinski definition) is 1. The number of para-hydroxylation sites is 1. The lowest BCUT2D eigenvalue weighted by Gasteiger charge is -2.18. The minimum absolute atomic E-state index is 0.102. The highest BCUT2D eigenvalue weighted by molar-refractivity contribution is 6.33. The van der Waals surface area contributed by atoms with E-state index in [0.29, 0.717) is 23.2 Å². The number of anilines is 1. The molecule has 28 heavy (non-hydrogen) atoms. The van der Waals surface area contributed by atoms with Gasteiger partial charge < -0.3 is 14.8 Å². The van der Waals surface area contributed by atoms with E-state index in [2.05, 4.69) is 28.7 Å². The van der Waals surface area contributed by atoms with E-state index in [1.807, 2.05) is 41.4 Å². The second kappa shape index (κ2) is 7.80. The van der Waals surface area contributed by atoms with E-state index in [9.17, 15) is 4.79 Å². The van der Waals surface area contributed by atoms with Crippen LogP contribution in [0.15, 0.2) is 42.6 Å². The number of likely N-dealkylation sites (tertiary alicyclic amines) is 1. The molecule has 1 saturated heterocycles. The summed E-state index contributed by atoms with van der Waals surface area (Å²) < 4.78 is 2.21. The van der Waals surface area contributed by atoms with E-state index in [4.69, 9.17) is 16.6 Å². The number of fused-ring (bicyclic) bond motifs is 1. The molecule has 6 nitrogen and oxygen atoms in total. The van der Waals surface area contributed by atoms with Gasteiger partial charge in [-0.05, 0) is 50.5 Å². The summed E-state index contributed by atoms with van der Waals surface area (Å²) in [5.74, 6) is 1.42. The molecule has 1 atom stereocenters. The second-order valence-electron chi connectivity index (χ2n) is 7.55. The van der Waals surface area contributed by atoms with E-state index in [0.717, 1.165) is 36.4 Å². The van der Waals surface area contributed by atoms with E-state index < -0.39 is 0 Å². The Morgan fingerprint density at radius 3 is 2.89 bits per heavy atom. The second-order valence-corrected chi connectivity index (χ2v) is 7.96. The summed E-state index contributed by atoms with van der Waals surface area (Å²) in [5.41, 5.74) is 2.50. The zero-order valence-electron chi connectivity index (χ0n) is 16.1. The van der Waals surface area contributed by atoms with Gasteiger partial charge in [0.05, 0.1) is 10.7 Å². The van der Waals surface area contributed by atoms with Crippen molar-refractivity contribution in [1.29, 1.82) is 0 Å². The van der Waals surface area contributed by atoms with Crippen molar-refractivity contribution >= 4 is 34.5 Å². The smallest absolute Gasteiger partial charge is 0.321 e. The Hall–Kier alpha value is -2.60. The van der Waals surface area contributed by atoms with Gasteiger partial charge in [-0.25, -0.2) is 14.8 Å². The van der Waals surface area contributed by atoms with Gasteiger partial charge in [0.15, 0.2) is 5.65 Å². The number of amides is 2. The summed E-state index contributed by atoms with van der Waals surface area (Å²) in [7, 11) is 0. The van der Waals surface area contributed by atoms with Crippen molar-refractivity contribution < 1.29 is 4.79 Å². The monoisotopic (exact) mass is 397 g/mol. The van der Waals surface area contributed by atoms with Gasteiger partial charge in [0.25, 0.3) is 0 Å². The van der Waals surface area contributed by atoms with Gasteiger partial charge in [0.1, 0.15) is 11.3 Å². The Morgan fingerprint density at radius 1 is 1.29 bits per heavy atom. The van der Waals surface area contributed by atoms with Crippen LogP contribution in [0.2, 0.25) is 5.02 Å². The molecular formula is C21H24ClN5O. The normalized spacial score (nSPS) is 16.9. The molecule has 0 radical (unpaired) electrons. The number of pyridine rings is 1. The summed E-state index contributed by atoms with van der Waals surface area (Å²) >= 11 is 6.15. The number of benzene rings is 1. The van der Waals surface area contributed by atoms with Gasteiger partial charge in [0, 0.05) is 31.7 Å². The lowest BCUT2D eigenvalue weighted by atomic mass is 10.0. The Labute approximate surface area is 169 Å². The molecule has 3 heterocycles. The lowest BCUT2D eigenvalue weighted by molar-refractivity contribution is 0.220. The van der Waals surface area contributed by atoms with E-state index in [1.54, 1.807) is 6.07 Å². The number of carbonyl (C=O) groups is 1. The van der Waals surface area contributed by atoms with Crippen molar-refractivity contribution in [2.75, 3.05) is 18.4 Å². The van der Waals surface area contributed by atoms with Crippen molar-refractivity contribution in [3.63, 3.8) is 0 Å². The fraction of sp³-hybridized carbons (Fsp3) is 0.381. The zero-order valence-corrected chi connectivity index (χ0v) is 16.9. The molecule has 3 aromatic rings. The maximum absolute atomic E-state index is 12.6. The summed E-state index contributed by atoms with van der Waals surface area (Å²) in [4.78, 5) is 23.8. The third kappa shape index (κ3) is 3.69. The SMILES string of the molecule is CC(C)n1c(C[C@H]2CCN(C(=O)Nc3ccccc3Cl)C2)nc2cccnc21. The highest BCUT2D eigenvalue weighted by Crippen LogP contribution is 2.26. The maximum Gasteiger partial charge on any atom is 0.321 e. The summed E-state index contributed by atoms with van der Waals surface area (Å²) in [6.45, 7) is 5.75. The average molecular weight is 398 g/mol. The molecule has 2 amide bonds. The third-order valence-corrected chi connectivity index (χ3v) is 5.53. The van der Waals surface area contributed by atoms with Crippen LogP contribution >= 0.6 is 11.6 Å². The van der Waals surface area contributed by atoms with Crippen LogP contribution < -0.4 is 5.32 Å². The predicted molar refractivity (Wildman–Crippen MR) is 112 cm³/mol. The van der Waals surface area contributed by atoms with E-state index in [-0.39, 0.29) is 12.1 Å². The Kier molecular flexibility index (Phi) is 5.22. The highest BCUT2D eigenvalue weighted by atomic mass is 35.5. The fourth-order valence-electron chi connectivity index (χ4n) is 3.86. The molecular weight excluding hydrogens is 374 g/mol. The van der Waals surface area contributed by atoms with Gasteiger partial charge >= 0.3 is 6.03 Å². The van der Waals surface area contributed by atoms with Gasteiger partial charge in [-0.15, -0.1) is 0 Å².